The van der Waals surface area contributed by atoms with Gasteiger partial charge in [-0.2, -0.15) is 11.3 Å². The molecule has 0 unspecified atom stereocenters. The SMILES string of the molecule is C[C@@H](C(=O)N1CCC(C(N)=O)CC1)N1CCC[C@@H]1c1ccsc1. The first-order chi connectivity index (χ1) is 11.1. The van der Waals surface area contributed by atoms with Crippen LogP contribution in [0.5, 0.6) is 0 Å². The van der Waals surface area contributed by atoms with Crippen molar-refractivity contribution >= 4 is 23.2 Å². The molecule has 0 bridgehead atoms. The van der Waals surface area contributed by atoms with Crippen LogP contribution in [0.2, 0.25) is 0 Å². The van der Waals surface area contributed by atoms with Gasteiger partial charge in [-0.25, -0.2) is 0 Å². The minimum atomic E-state index is -0.234. The largest absolute Gasteiger partial charge is 0.369 e. The second-order valence-electron chi connectivity index (χ2n) is 6.63. The van der Waals surface area contributed by atoms with Crippen LogP contribution < -0.4 is 5.73 Å². The molecule has 2 atom stereocenters. The van der Waals surface area contributed by atoms with Crippen molar-refractivity contribution in [3.05, 3.63) is 22.4 Å². The monoisotopic (exact) mass is 335 g/mol. The maximum atomic E-state index is 12.8. The first kappa shape index (κ1) is 16.5. The van der Waals surface area contributed by atoms with E-state index in [1.165, 1.54) is 5.56 Å². The summed E-state index contributed by atoms with van der Waals surface area (Å²) in [5, 5.41) is 4.30. The van der Waals surface area contributed by atoms with Gasteiger partial charge in [-0.05, 0) is 61.5 Å². The van der Waals surface area contributed by atoms with Crippen LogP contribution >= 0.6 is 11.3 Å². The van der Waals surface area contributed by atoms with E-state index in [4.69, 9.17) is 5.73 Å². The molecule has 2 fully saturated rings. The van der Waals surface area contributed by atoms with Crippen molar-refractivity contribution in [1.29, 1.82) is 0 Å². The minimum absolute atomic E-state index is 0.0697. The van der Waals surface area contributed by atoms with Crippen molar-refractivity contribution < 1.29 is 9.59 Å². The third kappa shape index (κ3) is 3.43. The van der Waals surface area contributed by atoms with Crippen LogP contribution in [-0.4, -0.2) is 47.3 Å². The number of nitrogens with zero attached hydrogens (tertiary/aromatic N) is 2. The predicted molar refractivity (Wildman–Crippen MR) is 91.0 cm³/mol. The summed E-state index contributed by atoms with van der Waals surface area (Å²) in [6.45, 7) is 4.29. The summed E-state index contributed by atoms with van der Waals surface area (Å²) in [7, 11) is 0. The van der Waals surface area contributed by atoms with Gasteiger partial charge in [-0.15, -0.1) is 0 Å². The van der Waals surface area contributed by atoms with Crippen molar-refractivity contribution in [3.63, 3.8) is 0 Å². The minimum Gasteiger partial charge on any atom is -0.369 e. The summed E-state index contributed by atoms with van der Waals surface area (Å²) in [6, 6.07) is 2.43. The zero-order chi connectivity index (χ0) is 16.4. The van der Waals surface area contributed by atoms with Crippen LogP contribution in [0.15, 0.2) is 16.8 Å². The lowest BCUT2D eigenvalue weighted by molar-refractivity contribution is -0.139. The smallest absolute Gasteiger partial charge is 0.239 e. The molecule has 0 spiro atoms. The molecular weight excluding hydrogens is 310 g/mol. The molecule has 126 valence electrons. The molecule has 0 aliphatic carbocycles. The Labute approximate surface area is 141 Å². The van der Waals surface area contributed by atoms with Crippen molar-refractivity contribution in [2.75, 3.05) is 19.6 Å². The molecule has 2 amide bonds. The van der Waals surface area contributed by atoms with Crippen LogP contribution in [0, 0.1) is 5.92 Å². The molecule has 2 aliphatic rings. The van der Waals surface area contributed by atoms with Crippen molar-refractivity contribution in [3.8, 4) is 0 Å². The molecule has 3 heterocycles. The molecule has 23 heavy (non-hydrogen) atoms. The quantitative estimate of drug-likeness (QED) is 0.915. The second-order valence-corrected chi connectivity index (χ2v) is 7.41. The lowest BCUT2D eigenvalue weighted by Gasteiger charge is -2.36. The zero-order valence-electron chi connectivity index (χ0n) is 13.6. The number of piperidine rings is 1. The van der Waals surface area contributed by atoms with Crippen LogP contribution in [0.25, 0.3) is 0 Å². The fourth-order valence-corrected chi connectivity index (χ4v) is 4.57. The normalized spacial score (nSPS) is 24.7. The lowest BCUT2D eigenvalue weighted by atomic mass is 9.96. The Morgan fingerprint density at radius 1 is 1.26 bits per heavy atom. The molecule has 1 aromatic rings. The van der Waals surface area contributed by atoms with Gasteiger partial charge in [0.15, 0.2) is 0 Å². The third-order valence-electron chi connectivity index (χ3n) is 5.29. The Morgan fingerprint density at radius 3 is 2.61 bits per heavy atom. The first-order valence-electron chi connectivity index (χ1n) is 8.44. The maximum absolute atomic E-state index is 12.8. The standard InChI is InChI=1S/C17H25N3O2S/c1-12(17(22)19-8-4-13(5-9-19)16(18)21)20-7-2-3-15(20)14-6-10-23-11-14/h6,10-13,15H,2-5,7-9H2,1H3,(H2,18,21)/t12-,15+/m0/s1. The average molecular weight is 335 g/mol. The van der Waals surface area contributed by atoms with E-state index >= 15 is 0 Å². The van der Waals surface area contributed by atoms with Crippen molar-refractivity contribution in [1.82, 2.24) is 9.80 Å². The average Bonchev–Trinajstić information content (AvgIpc) is 3.24. The Balaban J connectivity index is 1.62. The summed E-state index contributed by atoms with van der Waals surface area (Å²) < 4.78 is 0. The van der Waals surface area contributed by atoms with E-state index in [-0.39, 0.29) is 23.8 Å². The van der Waals surface area contributed by atoms with Gasteiger partial charge in [-0.1, -0.05) is 0 Å². The molecule has 1 aromatic heterocycles. The summed E-state index contributed by atoms with van der Waals surface area (Å²) in [6.07, 6.45) is 3.66. The molecule has 6 heteroatoms. The number of primary amides is 1. The van der Waals surface area contributed by atoms with Crippen molar-refractivity contribution in [2.24, 2.45) is 11.7 Å². The molecule has 3 rings (SSSR count). The van der Waals surface area contributed by atoms with E-state index in [2.05, 4.69) is 21.7 Å². The summed E-state index contributed by atoms with van der Waals surface area (Å²) in [5.41, 5.74) is 6.70. The summed E-state index contributed by atoms with van der Waals surface area (Å²) in [4.78, 5) is 28.4. The van der Waals surface area contributed by atoms with Gasteiger partial charge >= 0.3 is 0 Å². The third-order valence-corrected chi connectivity index (χ3v) is 5.99. The predicted octanol–water partition coefficient (Wildman–Crippen LogP) is 2.00. The fourth-order valence-electron chi connectivity index (χ4n) is 3.87. The Kier molecular flexibility index (Phi) is 5.02. The highest BCUT2D eigenvalue weighted by Gasteiger charge is 2.36. The van der Waals surface area contributed by atoms with Crippen LogP contribution in [0.4, 0.5) is 0 Å². The van der Waals surface area contributed by atoms with Crippen LogP contribution in [-0.2, 0) is 9.59 Å². The Morgan fingerprint density at radius 2 is 2.00 bits per heavy atom. The molecule has 2 saturated heterocycles. The van der Waals surface area contributed by atoms with E-state index in [9.17, 15) is 9.59 Å². The number of carbonyl (C=O) groups excluding carboxylic acids is 2. The van der Waals surface area contributed by atoms with Gasteiger partial charge in [0.05, 0.1) is 6.04 Å². The van der Waals surface area contributed by atoms with E-state index in [0.29, 0.717) is 32.0 Å². The Hall–Kier alpha value is -1.40. The highest BCUT2D eigenvalue weighted by molar-refractivity contribution is 7.07. The van der Waals surface area contributed by atoms with Gasteiger partial charge in [-0.3, -0.25) is 14.5 Å². The number of rotatable bonds is 4. The molecule has 2 N–H and O–H groups in total. The fraction of sp³-hybridized carbons (Fsp3) is 0.647. The highest BCUT2D eigenvalue weighted by atomic mass is 32.1. The lowest BCUT2D eigenvalue weighted by Crippen LogP contribution is -2.50. The topological polar surface area (TPSA) is 66.6 Å². The number of nitrogens with two attached hydrogens (primary N) is 1. The van der Waals surface area contributed by atoms with Gasteiger partial charge in [0.1, 0.15) is 0 Å². The number of thiophene rings is 1. The van der Waals surface area contributed by atoms with E-state index in [0.717, 1.165) is 19.4 Å². The van der Waals surface area contributed by atoms with E-state index < -0.39 is 0 Å². The zero-order valence-corrected chi connectivity index (χ0v) is 14.4. The second kappa shape index (κ2) is 7.01. The first-order valence-corrected chi connectivity index (χ1v) is 9.38. The summed E-state index contributed by atoms with van der Waals surface area (Å²) >= 11 is 1.71. The van der Waals surface area contributed by atoms with Gasteiger partial charge in [0.2, 0.25) is 11.8 Å². The van der Waals surface area contributed by atoms with Gasteiger partial charge in [0, 0.05) is 25.0 Å². The number of amides is 2. The number of hydrogen-bond donors (Lipinski definition) is 1. The number of likely N-dealkylation sites (tertiary alicyclic amines) is 2. The number of carbonyl (C=O) groups is 2. The van der Waals surface area contributed by atoms with Gasteiger partial charge in [0.25, 0.3) is 0 Å². The molecule has 0 aromatic carbocycles. The summed E-state index contributed by atoms with van der Waals surface area (Å²) in [5.74, 6) is -0.114. The van der Waals surface area contributed by atoms with Crippen LogP contribution in [0.1, 0.15) is 44.2 Å². The Bertz CT molecular complexity index is 552. The molecular formula is C17H25N3O2S. The highest BCUT2D eigenvalue weighted by Crippen LogP contribution is 2.35. The maximum Gasteiger partial charge on any atom is 0.239 e. The van der Waals surface area contributed by atoms with E-state index in [1.54, 1.807) is 11.3 Å². The molecule has 5 nitrogen and oxygen atoms in total. The van der Waals surface area contributed by atoms with Gasteiger partial charge < -0.3 is 10.6 Å². The molecule has 0 radical (unpaired) electrons. The van der Waals surface area contributed by atoms with E-state index in [1.807, 2.05) is 11.8 Å². The van der Waals surface area contributed by atoms with Crippen molar-refractivity contribution in [2.45, 2.75) is 44.7 Å². The molecule has 2 aliphatic heterocycles. The van der Waals surface area contributed by atoms with Crippen LogP contribution in [0.3, 0.4) is 0 Å². The number of hydrogen-bond acceptors (Lipinski definition) is 4. The molecule has 0 saturated carbocycles.